The molecular weight excluding hydrogens is 293 g/mol. The van der Waals surface area contributed by atoms with Crippen molar-refractivity contribution < 1.29 is 13.9 Å². The van der Waals surface area contributed by atoms with E-state index in [9.17, 15) is 9.18 Å². The fourth-order valence-electron chi connectivity index (χ4n) is 4.79. The molecule has 0 spiro atoms. The van der Waals surface area contributed by atoms with E-state index >= 15 is 0 Å². The van der Waals surface area contributed by atoms with Gasteiger partial charge in [-0.1, -0.05) is 30.3 Å². The maximum absolute atomic E-state index is 13.9. The minimum atomic E-state index is -0.737. The number of carbonyl (C=O) groups excluding carboxylic acids is 1. The van der Waals surface area contributed by atoms with Gasteiger partial charge in [-0.25, -0.2) is 4.39 Å². The van der Waals surface area contributed by atoms with Crippen molar-refractivity contribution in [2.24, 2.45) is 0 Å². The number of ether oxygens (including phenoxy) is 1. The fraction of sp³-hybridized carbons (Fsp3) is 0.632. The van der Waals surface area contributed by atoms with Crippen molar-refractivity contribution in [1.82, 2.24) is 4.90 Å². The molecule has 23 heavy (non-hydrogen) atoms. The highest BCUT2D eigenvalue weighted by Gasteiger charge is 2.51. The van der Waals surface area contributed by atoms with Crippen LogP contribution in [0.5, 0.6) is 0 Å². The van der Waals surface area contributed by atoms with Crippen LogP contribution in [0.15, 0.2) is 30.3 Å². The number of nitrogens with zero attached hydrogens (tertiary/aromatic N) is 1. The number of fused-ring (bicyclic) bond motifs is 2. The summed E-state index contributed by atoms with van der Waals surface area (Å²) < 4.78 is 19.4. The van der Waals surface area contributed by atoms with Crippen LogP contribution < -0.4 is 0 Å². The molecule has 2 unspecified atom stereocenters. The second-order valence-electron chi connectivity index (χ2n) is 7.23. The van der Waals surface area contributed by atoms with E-state index in [1.165, 1.54) is 0 Å². The number of piperidine rings is 1. The van der Waals surface area contributed by atoms with E-state index in [1.807, 2.05) is 18.2 Å². The van der Waals surface area contributed by atoms with E-state index < -0.39 is 11.6 Å². The van der Waals surface area contributed by atoms with Crippen molar-refractivity contribution in [2.45, 2.75) is 62.2 Å². The van der Waals surface area contributed by atoms with Gasteiger partial charge >= 0.3 is 0 Å². The van der Waals surface area contributed by atoms with Gasteiger partial charge in [-0.3, -0.25) is 4.79 Å². The van der Waals surface area contributed by atoms with E-state index in [0.29, 0.717) is 26.1 Å². The summed E-state index contributed by atoms with van der Waals surface area (Å²) in [6, 6.07) is 10.3. The van der Waals surface area contributed by atoms with Crippen LogP contribution in [0.1, 0.15) is 44.1 Å². The number of hydrogen-bond acceptors (Lipinski definition) is 2. The summed E-state index contributed by atoms with van der Waals surface area (Å²) in [6.07, 6.45) is 3.66. The van der Waals surface area contributed by atoms with Gasteiger partial charge in [-0.2, -0.15) is 0 Å². The molecule has 124 valence electrons. The lowest BCUT2D eigenvalue weighted by Crippen LogP contribution is -2.56. The molecule has 3 heterocycles. The summed E-state index contributed by atoms with van der Waals surface area (Å²) in [4.78, 5) is 15.6. The smallest absolute Gasteiger partial charge is 0.233 e. The Balaban J connectivity index is 1.69. The zero-order valence-electron chi connectivity index (χ0n) is 13.4. The highest BCUT2D eigenvalue weighted by molar-refractivity contribution is 5.89. The van der Waals surface area contributed by atoms with Crippen LogP contribution in [0.3, 0.4) is 0 Å². The molecule has 0 saturated carbocycles. The van der Waals surface area contributed by atoms with Crippen LogP contribution >= 0.6 is 0 Å². The second-order valence-corrected chi connectivity index (χ2v) is 7.23. The van der Waals surface area contributed by atoms with Crippen molar-refractivity contribution >= 4 is 5.91 Å². The van der Waals surface area contributed by atoms with Gasteiger partial charge in [0.25, 0.3) is 0 Å². The Morgan fingerprint density at radius 2 is 1.70 bits per heavy atom. The molecule has 3 saturated heterocycles. The number of rotatable bonds is 2. The Labute approximate surface area is 136 Å². The predicted molar refractivity (Wildman–Crippen MR) is 86.0 cm³/mol. The maximum Gasteiger partial charge on any atom is 0.233 e. The first kappa shape index (κ1) is 15.1. The molecule has 0 N–H and O–H groups in total. The molecule has 2 bridgehead atoms. The summed E-state index contributed by atoms with van der Waals surface area (Å²) in [6.45, 7) is 1.24. The third-order valence-corrected chi connectivity index (χ3v) is 5.99. The molecular formula is C19H24FNO2. The van der Waals surface area contributed by atoms with E-state index in [1.54, 1.807) is 0 Å². The van der Waals surface area contributed by atoms with Gasteiger partial charge in [0.15, 0.2) is 0 Å². The maximum atomic E-state index is 13.9. The molecule has 0 radical (unpaired) electrons. The second kappa shape index (κ2) is 5.90. The molecule has 1 amide bonds. The molecule has 0 aliphatic carbocycles. The predicted octanol–water partition coefficient (Wildman–Crippen LogP) is 3.23. The number of benzene rings is 1. The lowest BCUT2D eigenvalue weighted by atomic mass is 9.72. The number of carbonyl (C=O) groups is 1. The quantitative estimate of drug-likeness (QED) is 0.838. The molecule has 4 rings (SSSR count). The first-order valence-electron chi connectivity index (χ1n) is 8.81. The Morgan fingerprint density at radius 1 is 1.09 bits per heavy atom. The molecule has 1 aromatic rings. The van der Waals surface area contributed by atoms with Gasteiger partial charge in [0, 0.05) is 25.3 Å². The van der Waals surface area contributed by atoms with Gasteiger partial charge in [0.2, 0.25) is 5.91 Å². The van der Waals surface area contributed by atoms with Crippen LogP contribution in [-0.4, -0.2) is 42.3 Å². The number of alkyl halides is 1. The van der Waals surface area contributed by atoms with E-state index in [-0.39, 0.29) is 18.0 Å². The van der Waals surface area contributed by atoms with Crippen LogP contribution in [0.2, 0.25) is 0 Å². The Bertz CT molecular complexity index is 556. The summed E-state index contributed by atoms with van der Waals surface area (Å²) in [5.74, 6) is 0.214. The fourth-order valence-corrected chi connectivity index (χ4v) is 4.79. The molecule has 3 nitrogen and oxygen atoms in total. The number of hydrogen-bond donors (Lipinski definition) is 0. The molecule has 3 fully saturated rings. The minimum absolute atomic E-state index is 0.0969. The zero-order valence-corrected chi connectivity index (χ0v) is 13.4. The molecule has 3 aliphatic rings. The number of amides is 1. The highest BCUT2D eigenvalue weighted by atomic mass is 19.1. The van der Waals surface area contributed by atoms with Gasteiger partial charge < -0.3 is 9.64 Å². The number of halogens is 1. The monoisotopic (exact) mass is 317 g/mol. The van der Waals surface area contributed by atoms with E-state index in [0.717, 1.165) is 31.2 Å². The molecule has 1 aromatic carbocycles. The van der Waals surface area contributed by atoms with Crippen molar-refractivity contribution in [2.75, 3.05) is 13.2 Å². The zero-order chi connectivity index (χ0) is 15.9. The van der Waals surface area contributed by atoms with Gasteiger partial charge in [-0.05, 0) is 44.1 Å². The van der Waals surface area contributed by atoms with E-state index in [2.05, 4.69) is 17.0 Å². The Hall–Kier alpha value is -1.42. The first-order valence-corrected chi connectivity index (χ1v) is 8.81. The SMILES string of the molecule is O=C(N1C2CCC1CC(F)C2)C1(c2ccccc2)CCOCC1. The lowest BCUT2D eigenvalue weighted by molar-refractivity contribution is -0.147. The Kier molecular flexibility index (Phi) is 3.88. The topological polar surface area (TPSA) is 29.5 Å². The first-order chi connectivity index (χ1) is 11.2. The standard InChI is InChI=1S/C19H24FNO2/c20-15-12-16-6-7-17(13-15)21(16)18(22)19(8-10-23-11-9-19)14-4-2-1-3-5-14/h1-5,15-17H,6-13H2. The van der Waals surface area contributed by atoms with Crippen molar-refractivity contribution in [3.05, 3.63) is 35.9 Å². The lowest BCUT2D eigenvalue weighted by Gasteiger charge is -2.45. The summed E-state index contributed by atoms with van der Waals surface area (Å²) in [5, 5.41) is 0. The minimum Gasteiger partial charge on any atom is -0.381 e. The van der Waals surface area contributed by atoms with Crippen molar-refractivity contribution in [3.8, 4) is 0 Å². The van der Waals surface area contributed by atoms with Crippen molar-refractivity contribution in [1.29, 1.82) is 0 Å². The molecule has 0 aromatic heterocycles. The largest absolute Gasteiger partial charge is 0.381 e. The van der Waals surface area contributed by atoms with Crippen LogP contribution in [0, 0.1) is 0 Å². The normalized spacial score (nSPS) is 32.7. The van der Waals surface area contributed by atoms with Crippen molar-refractivity contribution in [3.63, 3.8) is 0 Å². The average molecular weight is 317 g/mol. The third kappa shape index (κ3) is 2.47. The van der Waals surface area contributed by atoms with Crippen LogP contribution in [0.4, 0.5) is 4.39 Å². The van der Waals surface area contributed by atoms with Gasteiger partial charge in [0.1, 0.15) is 6.17 Å². The van der Waals surface area contributed by atoms with Gasteiger partial charge in [0.05, 0.1) is 5.41 Å². The summed E-state index contributed by atoms with van der Waals surface area (Å²) >= 11 is 0. The third-order valence-electron chi connectivity index (χ3n) is 5.99. The molecule has 3 aliphatic heterocycles. The van der Waals surface area contributed by atoms with Gasteiger partial charge in [-0.15, -0.1) is 0 Å². The van der Waals surface area contributed by atoms with Crippen LogP contribution in [0.25, 0.3) is 0 Å². The highest BCUT2D eigenvalue weighted by Crippen LogP contribution is 2.43. The molecule has 2 atom stereocenters. The average Bonchev–Trinajstić information content (AvgIpc) is 2.87. The molecule has 4 heteroatoms. The Morgan fingerprint density at radius 3 is 2.30 bits per heavy atom. The summed E-state index contributed by atoms with van der Waals surface area (Å²) in [7, 11) is 0. The van der Waals surface area contributed by atoms with E-state index in [4.69, 9.17) is 4.74 Å². The summed E-state index contributed by atoms with van der Waals surface area (Å²) in [5.41, 5.74) is 0.610. The van der Waals surface area contributed by atoms with Crippen LogP contribution in [-0.2, 0) is 14.9 Å².